The number of aromatic nitrogens is 2. The first-order valence-electron chi connectivity index (χ1n) is 4.17. The Balaban J connectivity index is 2.68. The van der Waals surface area contributed by atoms with Gasteiger partial charge in [-0.1, -0.05) is 0 Å². The van der Waals surface area contributed by atoms with Gasteiger partial charge in [-0.15, -0.1) is 12.3 Å². The zero-order valence-corrected chi connectivity index (χ0v) is 7.70. The van der Waals surface area contributed by atoms with Gasteiger partial charge in [0.25, 0.3) is 0 Å². The molecular weight excluding hydrogens is 164 g/mol. The number of nitrogens with two attached hydrogens (primary N) is 1. The summed E-state index contributed by atoms with van der Waals surface area (Å²) in [6.07, 6.45) is 8.46. The number of rotatable bonds is 4. The summed E-state index contributed by atoms with van der Waals surface area (Å²) in [5.41, 5.74) is 3.78. The second kappa shape index (κ2) is 4.65. The first kappa shape index (κ1) is 9.78. The molecule has 13 heavy (non-hydrogen) atoms. The van der Waals surface area contributed by atoms with Crippen LogP contribution in [0.1, 0.15) is 24.6 Å². The average molecular weight is 178 g/mol. The molecule has 0 aliphatic rings. The molecule has 1 heterocycles. The van der Waals surface area contributed by atoms with Crippen LogP contribution < -0.4 is 11.3 Å². The number of hydrogen-bond acceptors (Lipinski definition) is 3. The third-order valence-electron chi connectivity index (χ3n) is 1.99. The van der Waals surface area contributed by atoms with Crippen molar-refractivity contribution in [1.29, 1.82) is 0 Å². The highest BCUT2D eigenvalue weighted by atomic mass is 15.3. The monoisotopic (exact) mass is 178 g/mol. The van der Waals surface area contributed by atoms with Crippen molar-refractivity contribution in [1.82, 2.24) is 15.2 Å². The minimum absolute atomic E-state index is 0.0866. The Morgan fingerprint density at radius 1 is 1.85 bits per heavy atom. The van der Waals surface area contributed by atoms with Crippen LogP contribution in [-0.2, 0) is 7.05 Å². The van der Waals surface area contributed by atoms with Crippen molar-refractivity contribution in [3.8, 4) is 12.3 Å². The van der Waals surface area contributed by atoms with E-state index in [0.29, 0.717) is 6.42 Å². The lowest BCUT2D eigenvalue weighted by Gasteiger charge is -2.14. The molecule has 0 aliphatic heterocycles. The van der Waals surface area contributed by atoms with Crippen molar-refractivity contribution in [2.75, 3.05) is 0 Å². The van der Waals surface area contributed by atoms with Crippen LogP contribution in [0.5, 0.6) is 0 Å². The average Bonchev–Trinajstić information content (AvgIpc) is 2.54. The summed E-state index contributed by atoms with van der Waals surface area (Å²) in [4.78, 5) is 0. The van der Waals surface area contributed by atoms with E-state index in [2.05, 4.69) is 16.4 Å². The van der Waals surface area contributed by atoms with Crippen LogP contribution >= 0.6 is 0 Å². The van der Waals surface area contributed by atoms with Gasteiger partial charge in [0.05, 0.1) is 11.7 Å². The maximum atomic E-state index is 5.41. The fourth-order valence-electron chi connectivity index (χ4n) is 1.27. The third kappa shape index (κ3) is 2.31. The summed E-state index contributed by atoms with van der Waals surface area (Å²) in [5, 5.41) is 4.06. The lowest BCUT2D eigenvalue weighted by molar-refractivity contribution is 0.486. The Kier molecular flexibility index (Phi) is 3.50. The van der Waals surface area contributed by atoms with Gasteiger partial charge < -0.3 is 0 Å². The molecule has 1 rings (SSSR count). The van der Waals surface area contributed by atoms with E-state index in [1.54, 1.807) is 10.9 Å². The summed E-state index contributed by atoms with van der Waals surface area (Å²) in [7, 11) is 1.88. The van der Waals surface area contributed by atoms with E-state index in [1.165, 1.54) is 0 Å². The largest absolute Gasteiger partial charge is 0.271 e. The molecule has 0 radical (unpaired) electrons. The molecule has 1 aromatic heterocycles. The number of aryl methyl sites for hydroxylation is 1. The predicted molar refractivity (Wildman–Crippen MR) is 51.3 cm³/mol. The Hall–Kier alpha value is -1.31. The van der Waals surface area contributed by atoms with Crippen molar-refractivity contribution in [3.05, 3.63) is 18.0 Å². The Morgan fingerprint density at radius 2 is 2.62 bits per heavy atom. The Morgan fingerprint density at radius 3 is 3.08 bits per heavy atom. The minimum atomic E-state index is 0.0866. The van der Waals surface area contributed by atoms with Crippen LogP contribution in [0.4, 0.5) is 0 Å². The van der Waals surface area contributed by atoms with E-state index in [9.17, 15) is 0 Å². The smallest absolute Gasteiger partial charge is 0.0638 e. The highest BCUT2D eigenvalue weighted by Crippen LogP contribution is 2.15. The van der Waals surface area contributed by atoms with Gasteiger partial charge in [0, 0.05) is 19.7 Å². The van der Waals surface area contributed by atoms with Crippen LogP contribution in [0.25, 0.3) is 0 Å². The van der Waals surface area contributed by atoms with Crippen LogP contribution in [0.2, 0.25) is 0 Å². The highest BCUT2D eigenvalue weighted by molar-refractivity contribution is 5.06. The SMILES string of the molecule is C#CCCC(NN)c1ccnn1C. The second-order valence-electron chi connectivity index (χ2n) is 2.84. The summed E-state index contributed by atoms with van der Waals surface area (Å²) >= 11 is 0. The van der Waals surface area contributed by atoms with Crippen LogP contribution in [0, 0.1) is 12.3 Å². The number of hydrogen-bond donors (Lipinski definition) is 2. The summed E-state index contributed by atoms with van der Waals surface area (Å²) in [5.74, 6) is 8.00. The lowest BCUT2D eigenvalue weighted by Crippen LogP contribution is -2.29. The van der Waals surface area contributed by atoms with E-state index < -0.39 is 0 Å². The molecular formula is C9H14N4. The maximum absolute atomic E-state index is 5.41. The molecule has 0 amide bonds. The van der Waals surface area contributed by atoms with Crippen LogP contribution in [0.3, 0.4) is 0 Å². The summed E-state index contributed by atoms with van der Waals surface area (Å²) in [6, 6.07) is 2.02. The molecule has 0 saturated carbocycles. The molecule has 0 fully saturated rings. The lowest BCUT2D eigenvalue weighted by atomic mass is 10.1. The molecule has 0 spiro atoms. The van der Waals surface area contributed by atoms with Crippen LogP contribution in [-0.4, -0.2) is 9.78 Å². The van der Waals surface area contributed by atoms with Gasteiger partial charge in [-0.05, 0) is 12.5 Å². The molecule has 1 unspecified atom stereocenters. The number of nitrogens with zero attached hydrogens (tertiary/aromatic N) is 2. The molecule has 70 valence electrons. The summed E-state index contributed by atoms with van der Waals surface area (Å²) in [6.45, 7) is 0. The topological polar surface area (TPSA) is 55.9 Å². The highest BCUT2D eigenvalue weighted by Gasteiger charge is 2.11. The summed E-state index contributed by atoms with van der Waals surface area (Å²) < 4.78 is 1.79. The number of nitrogens with one attached hydrogen (secondary N) is 1. The van der Waals surface area contributed by atoms with Gasteiger partial charge in [-0.3, -0.25) is 16.0 Å². The molecule has 3 N–H and O–H groups in total. The van der Waals surface area contributed by atoms with Crippen molar-refractivity contribution in [3.63, 3.8) is 0 Å². The van der Waals surface area contributed by atoms with E-state index in [-0.39, 0.29) is 6.04 Å². The molecule has 1 atom stereocenters. The van der Waals surface area contributed by atoms with Gasteiger partial charge in [-0.2, -0.15) is 5.10 Å². The van der Waals surface area contributed by atoms with Gasteiger partial charge >= 0.3 is 0 Å². The predicted octanol–water partition coefficient (Wildman–Crippen LogP) is 0.338. The number of terminal acetylenes is 1. The first-order chi connectivity index (χ1) is 6.29. The van der Waals surface area contributed by atoms with Gasteiger partial charge in [-0.25, -0.2) is 0 Å². The Labute approximate surface area is 78.1 Å². The molecule has 1 aromatic rings. The molecule has 0 saturated heterocycles. The molecule has 0 bridgehead atoms. The van der Waals surface area contributed by atoms with Crippen molar-refractivity contribution in [2.24, 2.45) is 12.9 Å². The fourth-order valence-corrected chi connectivity index (χ4v) is 1.27. The normalized spacial score (nSPS) is 12.4. The zero-order valence-electron chi connectivity index (χ0n) is 7.70. The van der Waals surface area contributed by atoms with Gasteiger partial charge in [0.2, 0.25) is 0 Å². The van der Waals surface area contributed by atoms with Crippen LogP contribution in [0.15, 0.2) is 12.3 Å². The quantitative estimate of drug-likeness (QED) is 0.397. The van der Waals surface area contributed by atoms with E-state index in [4.69, 9.17) is 12.3 Å². The van der Waals surface area contributed by atoms with Crippen molar-refractivity contribution < 1.29 is 0 Å². The van der Waals surface area contributed by atoms with Gasteiger partial charge in [0.1, 0.15) is 0 Å². The van der Waals surface area contributed by atoms with Gasteiger partial charge in [0.15, 0.2) is 0 Å². The zero-order chi connectivity index (χ0) is 9.68. The minimum Gasteiger partial charge on any atom is -0.271 e. The molecule has 0 aliphatic carbocycles. The van der Waals surface area contributed by atoms with E-state index in [1.807, 2.05) is 13.1 Å². The van der Waals surface area contributed by atoms with E-state index in [0.717, 1.165) is 12.1 Å². The van der Waals surface area contributed by atoms with Crippen molar-refractivity contribution in [2.45, 2.75) is 18.9 Å². The maximum Gasteiger partial charge on any atom is 0.0638 e. The third-order valence-corrected chi connectivity index (χ3v) is 1.99. The number of hydrazine groups is 1. The standard InChI is InChI=1S/C9H14N4/c1-3-4-5-8(12-10)9-6-7-11-13(9)2/h1,6-8,12H,4-5,10H2,2H3. The molecule has 4 nitrogen and oxygen atoms in total. The Bertz CT molecular complexity index is 297. The fraction of sp³-hybridized carbons (Fsp3) is 0.444. The molecule has 4 heteroatoms. The van der Waals surface area contributed by atoms with E-state index >= 15 is 0 Å². The molecule has 0 aromatic carbocycles. The van der Waals surface area contributed by atoms with Crippen molar-refractivity contribution >= 4 is 0 Å². The first-order valence-corrected chi connectivity index (χ1v) is 4.17. The second-order valence-corrected chi connectivity index (χ2v) is 2.84.